The van der Waals surface area contributed by atoms with E-state index in [-0.39, 0.29) is 19.7 Å². The molecule has 2 fully saturated rings. The number of carbonyl (C=O) groups is 1. The molecular formula is C8H13NO6. The molecule has 0 unspecified atom stereocenters. The molecule has 0 spiro atoms. The maximum absolute atomic E-state index is 10.8. The second-order valence-corrected chi connectivity index (χ2v) is 3.42. The Morgan fingerprint density at radius 1 is 1.33 bits per heavy atom. The van der Waals surface area contributed by atoms with Gasteiger partial charge in [-0.05, 0) is 0 Å². The third-order valence-electron chi connectivity index (χ3n) is 2.46. The molecular weight excluding hydrogens is 206 g/mol. The summed E-state index contributed by atoms with van der Waals surface area (Å²) in [6.45, 7) is 0.439. The molecule has 0 aromatic heterocycles. The largest absolute Gasteiger partial charge is 0.380 e. The van der Waals surface area contributed by atoms with Crippen LogP contribution in [-0.2, 0) is 23.7 Å². The minimum atomic E-state index is -1.39. The molecule has 7 nitrogen and oxygen atoms in total. The first kappa shape index (κ1) is 10.8. The summed E-state index contributed by atoms with van der Waals surface area (Å²) in [5.74, 6) is -0.837. The van der Waals surface area contributed by atoms with Crippen molar-refractivity contribution in [2.24, 2.45) is 5.73 Å². The summed E-state index contributed by atoms with van der Waals surface area (Å²) >= 11 is 0. The summed E-state index contributed by atoms with van der Waals surface area (Å²) in [6.07, 6.45) is -3.02. The van der Waals surface area contributed by atoms with Gasteiger partial charge in [-0.3, -0.25) is 4.79 Å². The van der Waals surface area contributed by atoms with Crippen LogP contribution in [-0.4, -0.2) is 55.6 Å². The van der Waals surface area contributed by atoms with Crippen molar-refractivity contribution in [1.29, 1.82) is 0 Å². The van der Waals surface area contributed by atoms with Gasteiger partial charge in [-0.25, -0.2) is 0 Å². The van der Waals surface area contributed by atoms with E-state index >= 15 is 0 Å². The van der Waals surface area contributed by atoms with Crippen molar-refractivity contribution in [3.63, 3.8) is 0 Å². The molecule has 2 heterocycles. The van der Waals surface area contributed by atoms with Gasteiger partial charge in [0.1, 0.15) is 31.9 Å². The van der Waals surface area contributed by atoms with Crippen molar-refractivity contribution in [2.45, 2.75) is 24.4 Å². The first-order valence-corrected chi connectivity index (χ1v) is 4.60. The molecule has 4 atom stereocenters. The zero-order valence-electron chi connectivity index (χ0n) is 8.00. The summed E-state index contributed by atoms with van der Waals surface area (Å²) in [7, 11) is 0. The topological polar surface area (TPSA) is 100 Å². The van der Waals surface area contributed by atoms with Crippen LogP contribution >= 0.6 is 0 Å². The van der Waals surface area contributed by atoms with E-state index in [4.69, 9.17) is 24.7 Å². The van der Waals surface area contributed by atoms with Crippen LogP contribution in [0.5, 0.6) is 0 Å². The van der Waals surface area contributed by atoms with Crippen LogP contribution in [0.25, 0.3) is 0 Å². The first-order chi connectivity index (χ1) is 7.20. The second-order valence-electron chi connectivity index (χ2n) is 3.42. The van der Waals surface area contributed by atoms with Crippen LogP contribution in [0, 0.1) is 0 Å². The highest BCUT2D eigenvalue weighted by atomic mass is 16.8. The fraction of sp³-hybridized carbons (Fsp3) is 0.875. The molecule has 0 aliphatic carbocycles. The van der Waals surface area contributed by atoms with E-state index in [0.717, 1.165) is 0 Å². The summed E-state index contributed by atoms with van der Waals surface area (Å²) in [6, 6.07) is 0. The number of ether oxygens (including phenoxy) is 4. The maximum Gasteiger partial charge on any atom is 0.249 e. The number of nitrogens with two attached hydrogens (primary N) is 1. The molecule has 2 aliphatic heterocycles. The zero-order chi connectivity index (χ0) is 10.8. The number of aliphatic hydroxyl groups excluding tert-OH is 1. The van der Waals surface area contributed by atoms with Crippen molar-refractivity contribution in [2.75, 3.05) is 20.2 Å². The van der Waals surface area contributed by atoms with Gasteiger partial charge in [0.2, 0.25) is 5.91 Å². The van der Waals surface area contributed by atoms with Crippen molar-refractivity contribution in [1.82, 2.24) is 0 Å². The number of hydrogen-bond donors (Lipinski definition) is 2. The minimum Gasteiger partial charge on any atom is -0.380 e. The van der Waals surface area contributed by atoms with E-state index in [9.17, 15) is 9.90 Å². The lowest BCUT2D eigenvalue weighted by atomic mass is 10.0. The van der Waals surface area contributed by atoms with Gasteiger partial charge < -0.3 is 29.8 Å². The van der Waals surface area contributed by atoms with Crippen LogP contribution in [0.3, 0.4) is 0 Å². The highest BCUT2D eigenvalue weighted by Crippen LogP contribution is 2.23. The highest BCUT2D eigenvalue weighted by Gasteiger charge is 2.43. The number of primary amides is 1. The Labute approximate surface area is 86.0 Å². The molecule has 0 radical (unpaired) electrons. The Balaban J connectivity index is 2.06. The lowest BCUT2D eigenvalue weighted by Gasteiger charge is -2.41. The first-order valence-electron chi connectivity index (χ1n) is 4.60. The Kier molecular flexibility index (Phi) is 3.17. The summed E-state index contributed by atoms with van der Waals surface area (Å²) in [5.41, 5.74) is 4.99. The number of carbonyl (C=O) groups excluding carboxylic acids is 1. The van der Waals surface area contributed by atoms with E-state index in [1.807, 2.05) is 0 Å². The number of hydrogen-bond acceptors (Lipinski definition) is 6. The van der Waals surface area contributed by atoms with E-state index in [0.29, 0.717) is 6.61 Å². The Morgan fingerprint density at radius 2 is 2.13 bits per heavy atom. The average Bonchev–Trinajstić information content (AvgIpc) is 2.27. The van der Waals surface area contributed by atoms with Gasteiger partial charge in [0.25, 0.3) is 0 Å². The van der Waals surface area contributed by atoms with Gasteiger partial charge >= 0.3 is 0 Å². The van der Waals surface area contributed by atoms with Gasteiger partial charge in [-0.2, -0.15) is 0 Å². The minimum absolute atomic E-state index is 0.0110. The summed E-state index contributed by atoms with van der Waals surface area (Å²) in [5, 5.41) is 9.51. The predicted octanol–water partition coefficient (Wildman–Crippen LogP) is -2.05. The van der Waals surface area contributed by atoms with E-state index in [1.54, 1.807) is 0 Å². The molecule has 2 rings (SSSR count). The fourth-order valence-electron chi connectivity index (χ4n) is 1.68. The molecule has 1 amide bonds. The monoisotopic (exact) mass is 219 g/mol. The van der Waals surface area contributed by atoms with Gasteiger partial charge in [-0.15, -0.1) is 0 Å². The average molecular weight is 219 g/mol. The van der Waals surface area contributed by atoms with Gasteiger partial charge in [-0.1, -0.05) is 0 Å². The molecule has 86 valence electrons. The van der Waals surface area contributed by atoms with Gasteiger partial charge in [0.15, 0.2) is 6.10 Å². The fourth-order valence-corrected chi connectivity index (χ4v) is 1.68. The normalized spacial score (nSPS) is 38.1. The summed E-state index contributed by atoms with van der Waals surface area (Å²) < 4.78 is 20.6. The number of aliphatic hydroxyl groups is 1. The lowest BCUT2D eigenvalue weighted by molar-refractivity contribution is -0.310. The molecule has 2 aliphatic rings. The van der Waals surface area contributed by atoms with Crippen molar-refractivity contribution in [3.05, 3.63) is 0 Å². The number of fused-ring (bicyclic) bond motifs is 1. The van der Waals surface area contributed by atoms with Crippen molar-refractivity contribution in [3.8, 4) is 0 Å². The van der Waals surface area contributed by atoms with Crippen LogP contribution in [0.15, 0.2) is 0 Å². The second kappa shape index (κ2) is 4.42. The standard InChI is InChI=1S/C8H13NO6/c9-8(11)5(10)7-6-4(13-3-15-7)1-12-2-14-6/h4-7,10H,1-3H2,(H2,9,11)/t4-,5-,6+,7-/m0/s1. The molecule has 0 aromatic carbocycles. The molecule has 0 saturated carbocycles. The van der Waals surface area contributed by atoms with Gasteiger partial charge in [0, 0.05) is 0 Å². The molecule has 0 bridgehead atoms. The maximum atomic E-state index is 10.8. The molecule has 7 heteroatoms. The van der Waals surface area contributed by atoms with E-state index in [2.05, 4.69) is 0 Å². The molecule has 15 heavy (non-hydrogen) atoms. The van der Waals surface area contributed by atoms with E-state index < -0.39 is 24.2 Å². The highest BCUT2D eigenvalue weighted by molar-refractivity contribution is 5.79. The quantitative estimate of drug-likeness (QED) is 0.554. The third-order valence-corrected chi connectivity index (χ3v) is 2.46. The van der Waals surface area contributed by atoms with Crippen LogP contribution in [0.1, 0.15) is 0 Å². The third kappa shape index (κ3) is 2.11. The smallest absolute Gasteiger partial charge is 0.249 e. The van der Waals surface area contributed by atoms with E-state index in [1.165, 1.54) is 0 Å². The van der Waals surface area contributed by atoms with Crippen LogP contribution in [0.4, 0.5) is 0 Å². The lowest BCUT2D eigenvalue weighted by Crippen LogP contribution is -2.59. The molecule has 0 aromatic rings. The van der Waals surface area contributed by atoms with Gasteiger partial charge in [0.05, 0.1) is 6.61 Å². The molecule has 2 saturated heterocycles. The van der Waals surface area contributed by atoms with Crippen molar-refractivity contribution < 1.29 is 28.8 Å². The SMILES string of the molecule is NC(=O)[C@@H](O)[C@@H]1OCO[C@H]2COCO[C@@H]12. The van der Waals surface area contributed by atoms with Crippen molar-refractivity contribution >= 4 is 5.91 Å². The zero-order valence-corrected chi connectivity index (χ0v) is 8.00. The Bertz CT molecular complexity index is 245. The number of rotatable bonds is 2. The van der Waals surface area contributed by atoms with Crippen LogP contribution in [0.2, 0.25) is 0 Å². The molecule has 3 N–H and O–H groups in total. The predicted molar refractivity (Wildman–Crippen MR) is 45.5 cm³/mol. The number of amides is 1. The van der Waals surface area contributed by atoms with Crippen LogP contribution < -0.4 is 5.73 Å². The Morgan fingerprint density at radius 3 is 2.87 bits per heavy atom. The Hall–Kier alpha value is -0.730. The summed E-state index contributed by atoms with van der Waals surface area (Å²) in [4.78, 5) is 10.8.